The van der Waals surface area contributed by atoms with E-state index in [0.29, 0.717) is 12.8 Å². The Morgan fingerprint density at radius 3 is 2.17 bits per heavy atom. The summed E-state index contributed by atoms with van der Waals surface area (Å²) in [7, 11) is 1.88. The van der Waals surface area contributed by atoms with Gasteiger partial charge in [-0.2, -0.15) is 0 Å². The van der Waals surface area contributed by atoms with E-state index in [1.54, 1.807) is 0 Å². The lowest BCUT2D eigenvalue weighted by Gasteiger charge is -2.25. The first-order valence-corrected chi connectivity index (χ1v) is 9.25. The molecule has 0 radical (unpaired) electrons. The van der Waals surface area contributed by atoms with Crippen LogP contribution < -0.4 is 0 Å². The largest absolute Gasteiger partial charge is 0.343 e. The Morgan fingerprint density at radius 1 is 1.00 bits per heavy atom. The normalized spacial score (nSPS) is 18.1. The van der Waals surface area contributed by atoms with Gasteiger partial charge in [-0.3, -0.25) is 9.59 Å². The van der Waals surface area contributed by atoms with Crippen LogP contribution in [-0.4, -0.2) is 47.8 Å². The number of benzene rings is 1. The molecule has 0 N–H and O–H groups in total. The molecule has 0 bridgehead atoms. The van der Waals surface area contributed by atoms with Crippen LogP contribution in [0.1, 0.15) is 49.7 Å². The Hall–Kier alpha value is -1.84. The quantitative estimate of drug-likeness (QED) is 0.853. The van der Waals surface area contributed by atoms with Crippen molar-refractivity contribution in [1.29, 1.82) is 0 Å². The lowest BCUT2D eigenvalue weighted by molar-refractivity contribution is -0.137. The van der Waals surface area contributed by atoms with Gasteiger partial charge in [0.15, 0.2) is 0 Å². The van der Waals surface area contributed by atoms with Crippen molar-refractivity contribution < 1.29 is 9.59 Å². The lowest BCUT2D eigenvalue weighted by Crippen LogP contribution is -2.38. The number of hydrogen-bond donors (Lipinski definition) is 0. The van der Waals surface area contributed by atoms with Gasteiger partial charge in [0, 0.05) is 39.0 Å². The van der Waals surface area contributed by atoms with Crippen LogP contribution in [0.15, 0.2) is 24.3 Å². The standard InChI is InChI=1S/C20H28N2O2/c1-21(18-14-16-8-4-5-9-17(16)15-18)19(23)10-11-20(24)22-12-6-2-3-7-13-22/h4-5,8-9,18H,2-3,6-7,10-15H2,1H3. The molecule has 1 aliphatic carbocycles. The molecule has 0 atom stereocenters. The van der Waals surface area contributed by atoms with Gasteiger partial charge >= 0.3 is 0 Å². The molecule has 1 aliphatic heterocycles. The maximum Gasteiger partial charge on any atom is 0.223 e. The molecular formula is C20H28N2O2. The van der Waals surface area contributed by atoms with Gasteiger partial charge in [-0.25, -0.2) is 0 Å². The fourth-order valence-corrected chi connectivity index (χ4v) is 3.88. The molecule has 4 nitrogen and oxygen atoms in total. The van der Waals surface area contributed by atoms with Gasteiger partial charge in [-0.1, -0.05) is 37.1 Å². The van der Waals surface area contributed by atoms with Gasteiger partial charge in [-0.15, -0.1) is 0 Å². The number of hydrogen-bond acceptors (Lipinski definition) is 2. The van der Waals surface area contributed by atoms with Crippen LogP contribution in [0.5, 0.6) is 0 Å². The molecule has 1 heterocycles. The zero-order chi connectivity index (χ0) is 16.9. The highest BCUT2D eigenvalue weighted by atomic mass is 16.2. The van der Waals surface area contributed by atoms with Crippen LogP contribution in [-0.2, 0) is 22.4 Å². The highest BCUT2D eigenvalue weighted by Crippen LogP contribution is 2.25. The molecule has 24 heavy (non-hydrogen) atoms. The number of likely N-dealkylation sites (N-methyl/N-ethyl adjacent to an activating group) is 1. The Balaban J connectivity index is 1.47. The van der Waals surface area contributed by atoms with Gasteiger partial charge in [0.1, 0.15) is 0 Å². The van der Waals surface area contributed by atoms with Gasteiger partial charge in [0.05, 0.1) is 0 Å². The van der Waals surface area contributed by atoms with E-state index in [1.165, 1.54) is 24.0 Å². The summed E-state index contributed by atoms with van der Waals surface area (Å²) in [5, 5.41) is 0. The van der Waals surface area contributed by atoms with Crippen LogP contribution in [0, 0.1) is 0 Å². The third-order valence-corrected chi connectivity index (χ3v) is 5.48. The van der Waals surface area contributed by atoms with Crippen molar-refractivity contribution in [2.45, 2.75) is 57.4 Å². The fraction of sp³-hybridized carbons (Fsp3) is 0.600. The minimum absolute atomic E-state index is 0.0935. The molecule has 0 saturated carbocycles. The maximum atomic E-state index is 12.5. The van der Waals surface area contributed by atoms with Crippen molar-refractivity contribution in [2.75, 3.05) is 20.1 Å². The summed E-state index contributed by atoms with van der Waals surface area (Å²) >= 11 is 0. The predicted molar refractivity (Wildman–Crippen MR) is 94.7 cm³/mol. The van der Waals surface area contributed by atoms with Crippen molar-refractivity contribution in [1.82, 2.24) is 9.80 Å². The second kappa shape index (κ2) is 7.82. The van der Waals surface area contributed by atoms with E-state index in [1.807, 2.05) is 16.8 Å². The van der Waals surface area contributed by atoms with Crippen molar-refractivity contribution in [2.24, 2.45) is 0 Å². The van der Waals surface area contributed by atoms with Crippen LogP contribution in [0.25, 0.3) is 0 Å². The summed E-state index contributed by atoms with van der Waals surface area (Å²) in [5.74, 6) is 0.240. The summed E-state index contributed by atoms with van der Waals surface area (Å²) in [6.45, 7) is 1.72. The molecule has 0 unspecified atom stereocenters. The second-order valence-corrected chi connectivity index (χ2v) is 7.13. The molecule has 1 fully saturated rings. The zero-order valence-corrected chi connectivity index (χ0v) is 14.7. The lowest BCUT2D eigenvalue weighted by atomic mass is 10.1. The molecule has 1 saturated heterocycles. The average Bonchev–Trinajstić information content (AvgIpc) is 2.84. The Morgan fingerprint density at radius 2 is 1.58 bits per heavy atom. The summed E-state index contributed by atoms with van der Waals surface area (Å²) in [5.41, 5.74) is 2.70. The molecule has 130 valence electrons. The van der Waals surface area contributed by atoms with Crippen molar-refractivity contribution in [3.05, 3.63) is 35.4 Å². The Bertz CT molecular complexity index is 566. The topological polar surface area (TPSA) is 40.6 Å². The van der Waals surface area contributed by atoms with E-state index in [-0.39, 0.29) is 17.9 Å². The van der Waals surface area contributed by atoms with Gasteiger partial charge < -0.3 is 9.80 Å². The summed E-state index contributed by atoms with van der Waals surface area (Å²) < 4.78 is 0. The molecule has 0 spiro atoms. The average molecular weight is 328 g/mol. The van der Waals surface area contributed by atoms with E-state index in [4.69, 9.17) is 0 Å². The number of nitrogens with zero attached hydrogens (tertiary/aromatic N) is 2. The molecule has 3 rings (SSSR count). The Kier molecular flexibility index (Phi) is 5.54. The second-order valence-electron chi connectivity index (χ2n) is 7.13. The molecule has 4 heteroatoms. The minimum Gasteiger partial charge on any atom is -0.343 e. The van der Waals surface area contributed by atoms with Crippen LogP contribution in [0.3, 0.4) is 0 Å². The summed E-state index contributed by atoms with van der Waals surface area (Å²) in [4.78, 5) is 28.6. The SMILES string of the molecule is CN(C(=O)CCC(=O)N1CCCCCC1)C1Cc2ccccc2C1. The molecular weight excluding hydrogens is 300 g/mol. The molecule has 0 aromatic heterocycles. The molecule has 1 aromatic carbocycles. The summed E-state index contributed by atoms with van der Waals surface area (Å²) in [6.07, 6.45) is 7.17. The number of carbonyl (C=O) groups excluding carboxylic acids is 2. The fourth-order valence-electron chi connectivity index (χ4n) is 3.88. The minimum atomic E-state index is 0.0935. The van der Waals surface area contributed by atoms with E-state index in [0.717, 1.165) is 38.8 Å². The maximum absolute atomic E-state index is 12.5. The van der Waals surface area contributed by atoms with Crippen molar-refractivity contribution >= 4 is 11.8 Å². The third kappa shape index (κ3) is 3.97. The number of fused-ring (bicyclic) bond motifs is 1. The van der Waals surface area contributed by atoms with E-state index >= 15 is 0 Å². The van der Waals surface area contributed by atoms with Gasteiger partial charge in [0.2, 0.25) is 11.8 Å². The van der Waals surface area contributed by atoms with E-state index in [2.05, 4.69) is 24.3 Å². The number of likely N-dealkylation sites (tertiary alicyclic amines) is 1. The van der Waals surface area contributed by atoms with Crippen molar-refractivity contribution in [3.63, 3.8) is 0 Å². The zero-order valence-electron chi connectivity index (χ0n) is 14.7. The number of amides is 2. The van der Waals surface area contributed by atoms with Crippen LogP contribution in [0.4, 0.5) is 0 Å². The first-order valence-electron chi connectivity index (χ1n) is 9.25. The third-order valence-electron chi connectivity index (χ3n) is 5.48. The van der Waals surface area contributed by atoms with Crippen molar-refractivity contribution in [3.8, 4) is 0 Å². The van der Waals surface area contributed by atoms with Crippen LogP contribution >= 0.6 is 0 Å². The molecule has 1 aromatic rings. The number of carbonyl (C=O) groups is 2. The predicted octanol–water partition coefficient (Wildman–Crippen LogP) is 2.80. The van der Waals surface area contributed by atoms with Crippen LogP contribution in [0.2, 0.25) is 0 Å². The first kappa shape index (κ1) is 17.0. The highest BCUT2D eigenvalue weighted by Gasteiger charge is 2.27. The van der Waals surface area contributed by atoms with E-state index < -0.39 is 0 Å². The highest BCUT2D eigenvalue weighted by molar-refractivity contribution is 5.84. The number of rotatable bonds is 4. The Labute approximate surface area is 144 Å². The summed E-state index contributed by atoms with van der Waals surface area (Å²) in [6, 6.07) is 8.65. The van der Waals surface area contributed by atoms with Gasteiger partial charge in [0.25, 0.3) is 0 Å². The molecule has 2 aliphatic rings. The monoisotopic (exact) mass is 328 g/mol. The van der Waals surface area contributed by atoms with Gasteiger partial charge in [-0.05, 0) is 36.8 Å². The smallest absolute Gasteiger partial charge is 0.223 e. The molecule has 2 amide bonds. The first-order chi connectivity index (χ1) is 11.6. The van der Waals surface area contributed by atoms with E-state index in [9.17, 15) is 9.59 Å².